The Morgan fingerprint density at radius 1 is 0.946 bits per heavy atom. The summed E-state index contributed by atoms with van der Waals surface area (Å²) in [5.41, 5.74) is 5.24. The zero-order chi connectivity index (χ0) is 26.5. The number of rotatable bonds is 7. The minimum absolute atomic E-state index is 0.000336. The standard InChI is InChI=1S/C28H29ClN4O4/c1-17-15-25(32-23-10-8-22(29)9-11-23)24-16-21(7-12-26(24)33(17)18(2)34)19-3-5-20(6-4-19)27(35)30-13-14-31-28(36)37/h3-12,16-17,25,31-32H,13-15H2,1-2H3,(H,30,35)(H,36,37)/t17-,25-/m1/s1. The van der Waals surface area contributed by atoms with Crippen LogP contribution in [0.5, 0.6) is 0 Å². The van der Waals surface area contributed by atoms with E-state index in [1.54, 1.807) is 19.1 Å². The maximum absolute atomic E-state index is 12.5. The summed E-state index contributed by atoms with van der Waals surface area (Å²) in [5.74, 6) is -0.275. The molecule has 2 atom stereocenters. The number of nitrogens with zero attached hydrogens (tertiary/aromatic N) is 1. The van der Waals surface area contributed by atoms with Crippen molar-refractivity contribution in [3.63, 3.8) is 0 Å². The lowest BCUT2D eigenvalue weighted by molar-refractivity contribution is -0.117. The van der Waals surface area contributed by atoms with Gasteiger partial charge in [-0.1, -0.05) is 29.8 Å². The molecular formula is C28H29ClN4O4. The number of carbonyl (C=O) groups is 3. The first-order chi connectivity index (χ1) is 17.7. The Kier molecular flexibility index (Phi) is 7.98. The monoisotopic (exact) mass is 520 g/mol. The molecule has 1 heterocycles. The molecule has 0 spiro atoms. The fraction of sp³-hybridized carbons (Fsp3) is 0.250. The zero-order valence-corrected chi connectivity index (χ0v) is 21.4. The van der Waals surface area contributed by atoms with Crippen molar-refractivity contribution in [1.82, 2.24) is 10.6 Å². The van der Waals surface area contributed by atoms with E-state index in [-0.39, 0.29) is 37.0 Å². The van der Waals surface area contributed by atoms with E-state index in [0.29, 0.717) is 10.6 Å². The average molecular weight is 521 g/mol. The normalized spacial score (nSPS) is 16.5. The summed E-state index contributed by atoms with van der Waals surface area (Å²) in [6.45, 7) is 3.97. The first-order valence-electron chi connectivity index (χ1n) is 12.0. The van der Waals surface area contributed by atoms with Crippen LogP contribution in [0.15, 0.2) is 66.7 Å². The first-order valence-corrected chi connectivity index (χ1v) is 12.4. The number of hydrogen-bond acceptors (Lipinski definition) is 4. The number of nitrogens with one attached hydrogen (secondary N) is 3. The molecule has 4 rings (SSSR count). The second-order valence-corrected chi connectivity index (χ2v) is 9.45. The number of fused-ring (bicyclic) bond motifs is 1. The van der Waals surface area contributed by atoms with Crippen molar-refractivity contribution in [2.75, 3.05) is 23.3 Å². The van der Waals surface area contributed by atoms with E-state index in [0.717, 1.165) is 34.5 Å². The van der Waals surface area contributed by atoms with Gasteiger partial charge in [0, 0.05) is 48.0 Å². The van der Waals surface area contributed by atoms with E-state index in [4.69, 9.17) is 16.7 Å². The minimum Gasteiger partial charge on any atom is -0.465 e. The molecule has 9 heteroatoms. The van der Waals surface area contributed by atoms with Crippen molar-refractivity contribution >= 4 is 40.9 Å². The second kappa shape index (κ2) is 11.3. The predicted octanol–water partition coefficient (Wildman–Crippen LogP) is 5.30. The summed E-state index contributed by atoms with van der Waals surface area (Å²) in [6, 6.07) is 20.9. The van der Waals surface area contributed by atoms with Gasteiger partial charge in [0.2, 0.25) is 5.91 Å². The smallest absolute Gasteiger partial charge is 0.404 e. The van der Waals surface area contributed by atoms with Crippen molar-refractivity contribution in [3.05, 3.63) is 82.9 Å². The largest absolute Gasteiger partial charge is 0.465 e. The van der Waals surface area contributed by atoms with E-state index < -0.39 is 6.09 Å². The number of anilines is 2. The summed E-state index contributed by atoms with van der Waals surface area (Å²) in [4.78, 5) is 37.2. The van der Waals surface area contributed by atoms with Gasteiger partial charge in [-0.25, -0.2) is 4.79 Å². The van der Waals surface area contributed by atoms with E-state index >= 15 is 0 Å². The van der Waals surface area contributed by atoms with Gasteiger partial charge >= 0.3 is 6.09 Å². The maximum atomic E-state index is 12.5. The predicted molar refractivity (Wildman–Crippen MR) is 145 cm³/mol. The summed E-state index contributed by atoms with van der Waals surface area (Å²) < 4.78 is 0. The van der Waals surface area contributed by atoms with Gasteiger partial charge in [0.05, 0.1) is 6.04 Å². The number of carbonyl (C=O) groups excluding carboxylic acids is 2. The topological polar surface area (TPSA) is 111 Å². The number of benzene rings is 3. The molecule has 0 unspecified atom stereocenters. The molecule has 0 aliphatic carbocycles. The molecular weight excluding hydrogens is 492 g/mol. The van der Waals surface area contributed by atoms with Crippen LogP contribution in [0.4, 0.5) is 16.2 Å². The molecule has 0 radical (unpaired) electrons. The Bertz CT molecular complexity index is 1290. The summed E-state index contributed by atoms with van der Waals surface area (Å²) >= 11 is 6.05. The van der Waals surface area contributed by atoms with Gasteiger partial charge in [0.1, 0.15) is 0 Å². The Morgan fingerprint density at radius 3 is 2.24 bits per heavy atom. The molecule has 1 aliphatic heterocycles. The van der Waals surface area contributed by atoms with Crippen molar-refractivity contribution in [2.24, 2.45) is 0 Å². The van der Waals surface area contributed by atoms with Gasteiger partial charge < -0.3 is 26.0 Å². The third-order valence-corrected chi connectivity index (χ3v) is 6.62. The summed E-state index contributed by atoms with van der Waals surface area (Å²) in [7, 11) is 0. The van der Waals surface area contributed by atoms with Gasteiger partial charge in [-0.2, -0.15) is 0 Å². The molecule has 37 heavy (non-hydrogen) atoms. The van der Waals surface area contributed by atoms with Crippen LogP contribution in [0.1, 0.15) is 42.2 Å². The minimum atomic E-state index is -1.13. The van der Waals surface area contributed by atoms with Gasteiger partial charge in [-0.15, -0.1) is 0 Å². The molecule has 0 aromatic heterocycles. The van der Waals surface area contributed by atoms with E-state index in [9.17, 15) is 14.4 Å². The Hall–Kier alpha value is -4.04. The zero-order valence-electron chi connectivity index (χ0n) is 20.6. The fourth-order valence-electron chi connectivity index (χ4n) is 4.67. The molecule has 1 aliphatic rings. The van der Waals surface area contributed by atoms with Crippen LogP contribution in [0.25, 0.3) is 11.1 Å². The van der Waals surface area contributed by atoms with E-state index in [1.165, 1.54) is 0 Å². The molecule has 3 aromatic rings. The highest BCUT2D eigenvalue weighted by Crippen LogP contribution is 2.41. The molecule has 0 saturated carbocycles. The molecule has 192 valence electrons. The van der Waals surface area contributed by atoms with Crippen LogP contribution in [0.3, 0.4) is 0 Å². The van der Waals surface area contributed by atoms with Gasteiger partial charge in [0.15, 0.2) is 0 Å². The fourth-order valence-corrected chi connectivity index (χ4v) is 4.80. The Morgan fingerprint density at radius 2 is 1.59 bits per heavy atom. The molecule has 0 saturated heterocycles. The Balaban J connectivity index is 1.58. The number of hydrogen-bond donors (Lipinski definition) is 4. The van der Waals surface area contributed by atoms with Crippen molar-refractivity contribution < 1.29 is 19.5 Å². The van der Waals surface area contributed by atoms with Crippen molar-refractivity contribution in [3.8, 4) is 11.1 Å². The van der Waals surface area contributed by atoms with E-state index in [1.807, 2.05) is 53.4 Å². The SMILES string of the molecule is CC(=O)N1c2ccc(-c3ccc(C(=O)NCCNC(=O)O)cc3)cc2[C@H](Nc2ccc(Cl)cc2)C[C@H]1C. The number of carboxylic acid groups (broad SMARTS) is 1. The molecule has 3 amide bonds. The average Bonchev–Trinajstić information content (AvgIpc) is 2.87. The lowest BCUT2D eigenvalue weighted by atomic mass is 9.88. The quantitative estimate of drug-likeness (QED) is 0.316. The third-order valence-electron chi connectivity index (χ3n) is 6.37. The van der Waals surface area contributed by atoms with Crippen molar-refractivity contribution in [2.45, 2.75) is 32.4 Å². The summed E-state index contributed by atoms with van der Waals surface area (Å²) in [6.07, 6.45) is -0.385. The third kappa shape index (κ3) is 6.21. The molecule has 0 fully saturated rings. The second-order valence-electron chi connectivity index (χ2n) is 9.02. The molecule has 0 bridgehead atoms. The van der Waals surface area contributed by atoms with Crippen LogP contribution < -0.4 is 20.9 Å². The van der Waals surface area contributed by atoms with Crippen molar-refractivity contribution in [1.29, 1.82) is 0 Å². The lowest BCUT2D eigenvalue weighted by Crippen LogP contribution is -2.43. The highest BCUT2D eigenvalue weighted by Gasteiger charge is 2.32. The van der Waals surface area contributed by atoms with Crippen LogP contribution in [0, 0.1) is 0 Å². The van der Waals surface area contributed by atoms with Crippen LogP contribution in [-0.4, -0.2) is 42.1 Å². The first kappa shape index (κ1) is 26.0. The van der Waals surface area contributed by atoms with Crippen LogP contribution in [-0.2, 0) is 4.79 Å². The van der Waals surface area contributed by atoms with Gasteiger partial charge in [-0.05, 0) is 78.6 Å². The number of halogens is 1. The van der Waals surface area contributed by atoms with E-state index in [2.05, 4.69) is 28.9 Å². The molecule has 3 aromatic carbocycles. The van der Waals surface area contributed by atoms with Gasteiger partial charge in [-0.3, -0.25) is 9.59 Å². The van der Waals surface area contributed by atoms with Gasteiger partial charge in [0.25, 0.3) is 5.91 Å². The van der Waals surface area contributed by atoms with Crippen LogP contribution in [0.2, 0.25) is 5.02 Å². The number of amides is 3. The summed E-state index contributed by atoms with van der Waals surface area (Å²) in [5, 5.41) is 17.8. The maximum Gasteiger partial charge on any atom is 0.404 e. The Labute approximate surface area is 220 Å². The molecule has 8 nitrogen and oxygen atoms in total. The van der Waals surface area contributed by atoms with Crippen LogP contribution >= 0.6 is 11.6 Å². The highest BCUT2D eigenvalue weighted by atomic mass is 35.5. The molecule has 4 N–H and O–H groups in total. The lowest BCUT2D eigenvalue weighted by Gasteiger charge is -2.39. The highest BCUT2D eigenvalue weighted by molar-refractivity contribution is 6.30.